The van der Waals surface area contributed by atoms with Gasteiger partial charge in [0.15, 0.2) is 0 Å². The summed E-state index contributed by atoms with van der Waals surface area (Å²) in [5.41, 5.74) is 5.05. The van der Waals surface area contributed by atoms with Crippen LogP contribution in [0, 0.1) is 27.7 Å². The molecule has 0 spiro atoms. The highest BCUT2D eigenvalue weighted by Crippen LogP contribution is 2.27. The Balaban J connectivity index is 1.75. The van der Waals surface area contributed by atoms with E-state index < -0.39 is 28.5 Å². The second-order valence-corrected chi connectivity index (χ2v) is 13.4. The van der Waals surface area contributed by atoms with Crippen LogP contribution in [-0.4, -0.2) is 43.8 Å². The summed E-state index contributed by atoms with van der Waals surface area (Å²) >= 11 is 0. The Morgan fingerprint density at radius 1 is 0.881 bits per heavy atom. The van der Waals surface area contributed by atoms with Crippen molar-refractivity contribution in [1.82, 2.24) is 10.2 Å². The Hall–Kier alpha value is -3.65. The van der Waals surface area contributed by atoms with Crippen molar-refractivity contribution < 1.29 is 18.0 Å². The Morgan fingerprint density at radius 3 is 2.10 bits per heavy atom. The maximum atomic E-state index is 14.3. The van der Waals surface area contributed by atoms with Crippen molar-refractivity contribution in [1.29, 1.82) is 0 Å². The first-order valence-corrected chi connectivity index (χ1v) is 16.3. The minimum Gasteiger partial charge on any atom is -0.352 e. The quantitative estimate of drug-likeness (QED) is 0.298. The zero-order valence-corrected chi connectivity index (χ0v) is 26.2. The number of hydrogen-bond donors (Lipinski definition) is 1. The van der Waals surface area contributed by atoms with E-state index in [9.17, 15) is 18.0 Å². The summed E-state index contributed by atoms with van der Waals surface area (Å²) in [7, 11) is -4.10. The van der Waals surface area contributed by atoms with Crippen molar-refractivity contribution in [3.63, 3.8) is 0 Å². The molecule has 2 amide bonds. The molecule has 0 aliphatic heterocycles. The van der Waals surface area contributed by atoms with Gasteiger partial charge in [0.2, 0.25) is 11.8 Å². The van der Waals surface area contributed by atoms with Crippen LogP contribution in [0.1, 0.15) is 66.8 Å². The van der Waals surface area contributed by atoms with E-state index in [1.54, 1.807) is 41.3 Å². The summed E-state index contributed by atoms with van der Waals surface area (Å²) in [4.78, 5) is 29.6. The lowest BCUT2D eigenvalue weighted by Gasteiger charge is -2.34. The SMILES string of the molecule is CCC(C(=O)NC1CCCC1)N(Cc1ccccc1C)C(=O)CN(c1cc(C)cc(C)c1)S(=O)(=O)c1ccc(C)cc1. The molecular formula is C34H43N3O4S. The number of hydrogen-bond acceptors (Lipinski definition) is 4. The van der Waals surface area contributed by atoms with Crippen LogP contribution in [0.5, 0.6) is 0 Å². The van der Waals surface area contributed by atoms with Gasteiger partial charge in [-0.05, 0) is 93.5 Å². The first-order chi connectivity index (χ1) is 20.0. The third kappa shape index (κ3) is 7.40. The third-order valence-electron chi connectivity index (χ3n) is 8.07. The fourth-order valence-corrected chi connectivity index (χ4v) is 7.12. The van der Waals surface area contributed by atoms with Crippen LogP contribution < -0.4 is 9.62 Å². The molecule has 3 aromatic rings. The van der Waals surface area contributed by atoms with Gasteiger partial charge in [-0.15, -0.1) is 0 Å². The van der Waals surface area contributed by atoms with E-state index >= 15 is 0 Å². The number of anilines is 1. The van der Waals surface area contributed by atoms with E-state index in [-0.39, 0.29) is 23.4 Å². The highest BCUT2D eigenvalue weighted by Gasteiger charge is 2.34. The maximum absolute atomic E-state index is 14.3. The summed E-state index contributed by atoms with van der Waals surface area (Å²) in [6.07, 6.45) is 4.43. The van der Waals surface area contributed by atoms with Gasteiger partial charge in [0.05, 0.1) is 10.6 Å². The molecule has 224 valence electrons. The second-order valence-electron chi connectivity index (χ2n) is 11.5. The van der Waals surface area contributed by atoms with Gasteiger partial charge in [0.25, 0.3) is 10.0 Å². The van der Waals surface area contributed by atoms with Gasteiger partial charge < -0.3 is 10.2 Å². The van der Waals surface area contributed by atoms with Crippen molar-refractivity contribution in [2.45, 2.75) is 90.2 Å². The molecule has 3 aromatic carbocycles. The summed E-state index contributed by atoms with van der Waals surface area (Å²) in [6.45, 7) is 9.33. The molecule has 4 rings (SSSR count). The van der Waals surface area contributed by atoms with Crippen LogP contribution in [-0.2, 0) is 26.2 Å². The molecule has 1 fully saturated rings. The molecule has 0 radical (unpaired) electrons. The zero-order valence-electron chi connectivity index (χ0n) is 25.4. The standard InChI is InChI=1S/C34H43N3O4S/c1-6-32(34(39)35-29-13-9-10-14-29)36(22-28-12-8-7-11-27(28)5)33(38)23-37(30-20-25(3)19-26(4)21-30)42(40,41)31-17-15-24(2)16-18-31/h7-8,11-12,15-21,29,32H,6,9-10,13-14,22-23H2,1-5H3,(H,35,39). The van der Waals surface area contributed by atoms with Gasteiger partial charge in [-0.1, -0.05) is 67.8 Å². The van der Waals surface area contributed by atoms with Crippen LogP contribution in [0.3, 0.4) is 0 Å². The number of amides is 2. The number of benzene rings is 3. The predicted octanol–water partition coefficient (Wildman–Crippen LogP) is 5.98. The molecule has 1 unspecified atom stereocenters. The van der Waals surface area contributed by atoms with Crippen LogP contribution in [0.2, 0.25) is 0 Å². The molecule has 1 saturated carbocycles. The lowest BCUT2D eigenvalue weighted by molar-refractivity contribution is -0.140. The molecule has 7 nitrogen and oxygen atoms in total. The monoisotopic (exact) mass is 589 g/mol. The van der Waals surface area contributed by atoms with Crippen molar-refractivity contribution in [3.05, 3.63) is 94.5 Å². The van der Waals surface area contributed by atoms with E-state index in [0.717, 1.165) is 53.5 Å². The predicted molar refractivity (Wildman–Crippen MR) is 168 cm³/mol. The normalized spacial score (nSPS) is 14.4. The lowest BCUT2D eigenvalue weighted by atomic mass is 10.1. The third-order valence-corrected chi connectivity index (χ3v) is 9.86. The van der Waals surface area contributed by atoms with Crippen molar-refractivity contribution in [2.24, 2.45) is 0 Å². The number of nitrogens with one attached hydrogen (secondary N) is 1. The van der Waals surface area contributed by atoms with Gasteiger partial charge in [-0.2, -0.15) is 0 Å². The molecule has 0 saturated heterocycles. The average Bonchev–Trinajstić information content (AvgIpc) is 3.45. The van der Waals surface area contributed by atoms with Crippen LogP contribution in [0.15, 0.2) is 71.6 Å². The number of aryl methyl sites for hydroxylation is 4. The Bertz CT molecular complexity index is 1490. The molecule has 42 heavy (non-hydrogen) atoms. The van der Waals surface area contributed by atoms with Gasteiger partial charge in [-0.3, -0.25) is 13.9 Å². The molecule has 1 atom stereocenters. The van der Waals surface area contributed by atoms with Crippen molar-refractivity contribution in [2.75, 3.05) is 10.8 Å². The largest absolute Gasteiger partial charge is 0.352 e. The van der Waals surface area contributed by atoms with Gasteiger partial charge in [0, 0.05) is 12.6 Å². The van der Waals surface area contributed by atoms with Gasteiger partial charge >= 0.3 is 0 Å². The highest BCUT2D eigenvalue weighted by atomic mass is 32.2. The minimum absolute atomic E-state index is 0.107. The van der Waals surface area contributed by atoms with E-state index in [1.165, 1.54) is 4.31 Å². The zero-order chi connectivity index (χ0) is 30.4. The van der Waals surface area contributed by atoms with Crippen molar-refractivity contribution in [3.8, 4) is 0 Å². The number of carbonyl (C=O) groups is 2. The van der Waals surface area contributed by atoms with Crippen LogP contribution >= 0.6 is 0 Å². The Morgan fingerprint density at radius 2 is 1.50 bits per heavy atom. The van der Waals surface area contributed by atoms with E-state index in [0.29, 0.717) is 12.1 Å². The minimum atomic E-state index is -4.10. The number of carbonyl (C=O) groups excluding carboxylic acids is 2. The highest BCUT2D eigenvalue weighted by molar-refractivity contribution is 7.92. The first kappa shape index (κ1) is 31.3. The molecule has 1 aliphatic rings. The second kappa shape index (κ2) is 13.6. The molecule has 0 bridgehead atoms. The maximum Gasteiger partial charge on any atom is 0.264 e. The Labute approximate surface area is 251 Å². The number of rotatable bonds is 11. The Kier molecular flexibility index (Phi) is 10.1. The summed E-state index contributed by atoms with van der Waals surface area (Å²) in [6, 6.07) is 19.3. The van der Waals surface area contributed by atoms with Crippen molar-refractivity contribution >= 4 is 27.5 Å². The van der Waals surface area contributed by atoms with E-state index in [1.807, 2.05) is 65.0 Å². The van der Waals surface area contributed by atoms with Gasteiger partial charge in [0.1, 0.15) is 12.6 Å². The topological polar surface area (TPSA) is 86.8 Å². The lowest BCUT2D eigenvalue weighted by Crippen LogP contribution is -2.53. The molecule has 8 heteroatoms. The molecule has 0 aromatic heterocycles. The summed E-state index contributed by atoms with van der Waals surface area (Å²) < 4.78 is 29.4. The van der Waals surface area contributed by atoms with Crippen LogP contribution in [0.4, 0.5) is 5.69 Å². The smallest absolute Gasteiger partial charge is 0.264 e. The number of nitrogens with zero attached hydrogens (tertiary/aromatic N) is 2. The summed E-state index contributed by atoms with van der Waals surface area (Å²) in [5.74, 6) is -0.618. The molecular weight excluding hydrogens is 546 g/mol. The fraction of sp³-hybridized carbons (Fsp3) is 0.412. The van der Waals surface area contributed by atoms with E-state index in [4.69, 9.17) is 0 Å². The molecule has 1 N–H and O–H groups in total. The fourth-order valence-electron chi connectivity index (χ4n) is 5.72. The average molecular weight is 590 g/mol. The van der Waals surface area contributed by atoms with E-state index in [2.05, 4.69) is 5.32 Å². The van der Waals surface area contributed by atoms with Gasteiger partial charge in [-0.25, -0.2) is 8.42 Å². The molecule has 1 aliphatic carbocycles. The summed E-state index contributed by atoms with van der Waals surface area (Å²) in [5, 5.41) is 3.16. The molecule has 0 heterocycles. The van der Waals surface area contributed by atoms with Crippen LogP contribution in [0.25, 0.3) is 0 Å². The first-order valence-electron chi connectivity index (χ1n) is 14.8. The number of sulfonamides is 1.